The Morgan fingerprint density at radius 3 is 2.15 bits per heavy atom. The van der Waals surface area contributed by atoms with Gasteiger partial charge in [-0.3, -0.25) is 4.57 Å². The number of hydrogen-bond acceptors (Lipinski definition) is 6. The minimum atomic E-state index is -4.34. The summed E-state index contributed by atoms with van der Waals surface area (Å²) in [7, 11) is 1.41. The molecule has 0 aromatic carbocycles. The topological polar surface area (TPSA) is 84.9 Å². The van der Waals surface area contributed by atoms with Crippen LogP contribution < -0.4 is 4.89 Å². The minimum Gasteiger partial charge on any atom is -0.756 e. The average molecular weight is 311 g/mol. The van der Waals surface area contributed by atoms with Crippen LogP contribution >= 0.6 is 7.82 Å². The fraction of sp³-hybridized carbons (Fsp3) is 0.750. The molecule has 0 saturated carbocycles. The number of carbonyl (C=O) groups is 1. The van der Waals surface area contributed by atoms with Gasteiger partial charge in [0.05, 0.1) is 27.7 Å². The van der Waals surface area contributed by atoms with E-state index in [-0.39, 0.29) is 32.8 Å². The van der Waals surface area contributed by atoms with E-state index in [0.717, 1.165) is 0 Å². The maximum atomic E-state index is 11.3. The van der Waals surface area contributed by atoms with Crippen LogP contribution in [0.4, 0.5) is 0 Å². The van der Waals surface area contributed by atoms with Crippen LogP contribution in [0.1, 0.15) is 14.4 Å². The van der Waals surface area contributed by atoms with Crippen LogP contribution in [-0.2, 0) is 23.1 Å². The van der Waals surface area contributed by atoms with E-state index < -0.39 is 13.8 Å². The summed E-state index contributed by atoms with van der Waals surface area (Å²) < 4.78 is 25.8. The van der Waals surface area contributed by atoms with Gasteiger partial charge in [0, 0.05) is 5.57 Å². The molecular formula is C12H26NO6P. The molecule has 1 atom stereocenters. The first-order valence-electron chi connectivity index (χ1n) is 5.77. The highest BCUT2D eigenvalue weighted by atomic mass is 31.2. The maximum absolute atomic E-state index is 11.3. The van der Waals surface area contributed by atoms with Gasteiger partial charge in [-0.15, -0.1) is 0 Å². The summed E-state index contributed by atoms with van der Waals surface area (Å²) in [5.41, 5.74) is 0.240. The van der Waals surface area contributed by atoms with Crippen molar-refractivity contribution in [1.82, 2.24) is 0 Å². The number of carbonyl (C=O) groups excluding carboxylic acids is 1. The van der Waals surface area contributed by atoms with Crippen molar-refractivity contribution in [3.05, 3.63) is 12.2 Å². The summed E-state index contributed by atoms with van der Waals surface area (Å²) in [4.78, 5) is 22.3. The first-order valence-corrected chi connectivity index (χ1v) is 7.23. The predicted molar refractivity (Wildman–Crippen MR) is 74.9 cm³/mol. The molecular weight excluding hydrogens is 285 g/mol. The van der Waals surface area contributed by atoms with Crippen molar-refractivity contribution in [1.29, 1.82) is 0 Å². The third kappa shape index (κ3) is 12.3. The van der Waals surface area contributed by atoms with Gasteiger partial charge in [-0.1, -0.05) is 14.0 Å². The fourth-order valence-electron chi connectivity index (χ4n) is 0.870. The van der Waals surface area contributed by atoms with Gasteiger partial charge in [0.25, 0.3) is 7.82 Å². The van der Waals surface area contributed by atoms with Gasteiger partial charge in [-0.05, 0) is 6.92 Å². The molecule has 0 fully saturated rings. The van der Waals surface area contributed by atoms with Crippen molar-refractivity contribution in [2.75, 3.05) is 47.5 Å². The van der Waals surface area contributed by atoms with Gasteiger partial charge in [-0.25, -0.2) is 4.79 Å². The van der Waals surface area contributed by atoms with E-state index >= 15 is 0 Å². The van der Waals surface area contributed by atoms with E-state index in [0.29, 0.717) is 11.0 Å². The molecule has 0 saturated heterocycles. The Morgan fingerprint density at radius 2 is 1.70 bits per heavy atom. The molecule has 0 bridgehead atoms. The number of hydrogen-bond donors (Lipinski definition) is 0. The molecule has 20 heavy (non-hydrogen) atoms. The number of phosphoric acid groups is 1. The highest BCUT2D eigenvalue weighted by Gasteiger charge is 2.13. The highest BCUT2D eigenvalue weighted by molar-refractivity contribution is 7.45. The highest BCUT2D eigenvalue weighted by Crippen LogP contribution is 2.37. The lowest BCUT2D eigenvalue weighted by Gasteiger charge is -2.27. The molecule has 0 amide bonds. The quantitative estimate of drug-likeness (QED) is 0.207. The molecule has 8 heteroatoms. The number of nitrogens with zero attached hydrogens (tertiary/aromatic N) is 1. The van der Waals surface area contributed by atoms with E-state index in [1.54, 1.807) is 0 Å². The average Bonchev–Trinajstić information content (AvgIpc) is 2.21. The van der Waals surface area contributed by atoms with Crippen molar-refractivity contribution in [3.63, 3.8) is 0 Å². The Bertz CT molecular complexity index is 363. The fourth-order valence-corrected chi connectivity index (χ4v) is 1.55. The Hall–Kier alpha value is -0.720. The Morgan fingerprint density at radius 1 is 1.20 bits per heavy atom. The Kier molecular flexibility index (Phi) is 9.99. The summed E-state index contributed by atoms with van der Waals surface area (Å²) in [6.45, 7) is 5.01. The number of ether oxygens (including phenoxy) is 1. The minimum absolute atomic E-state index is 0. The van der Waals surface area contributed by atoms with E-state index in [1.807, 2.05) is 21.1 Å². The third-order valence-electron chi connectivity index (χ3n) is 1.93. The smallest absolute Gasteiger partial charge is 0.333 e. The van der Waals surface area contributed by atoms with Gasteiger partial charge in [0.1, 0.15) is 19.8 Å². The van der Waals surface area contributed by atoms with E-state index in [1.165, 1.54) is 6.92 Å². The van der Waals surface area contributed by atoms with Crippen molar-refractivity contribution in [3.8, 4) is 0 Å². The number of esters is 1. The molecule has 0 spiro atoms. The van der Waals surface area contributed by atoms with Crippen LogP contribution in [0.25, 0.3) is 0 Å². The second kappa shape index (κ2) is 9.26. The number of rotatable bonds is 9. The summed E-state index contributed by atoms with van der Waals surface area (Å²) in [5.74, 6) is -0.588. The molecule has 0 heterocycles. The number of phosphoric ester groups is 1. The Labute approximate surface area is 121 Å². The van der Waals surface area contributed by atoms with Gasteiger partial charge >= 0.3 is 5.97 Å². The van der Waals surface area contributed by atoms with Crippen molar-refractivity contribution >= 4 is 13.8 Å². The molecule has 0 aliphatic carbocycles. The van der Waals surface area contributed by atoms with Crippen molar-refractivity contribution in [2.24, 2.45) is 0 Å². The van der Waals surface area contributed by atoms with Crippen molar-refractivity contribution in [2.45, 2.75) is 14.4 Å². The second-order valence-corrected chi connectivity index (χ2v) is 6.45. The number of likely N-dealkylation sites (N-methyl/N-ethyl adjacent to an activating group) is 1. The van der Waals surface area contributed by atoms with Gasteiger partial charge in [-0.2, -0.15) is 0 Å². The van der Waals surface area contributed by atoms with E-state index in [9.17, 15) is 14.3 Å². The largest absolute Gasteiger partial charge is 0.756 e. The second-order valence-electron chi connectivity index (χ2n) is 5.04. The molecule has 0 rings (SSSR count). The summed E-state index contributed by atoms with van der Waals surface area (Å²) in [6.07, 6.45) is 0. The maximum Gasteiger partial charge on any atom is 0.333 e. The lowest BCUT2D eigenvalue weighted by atomic mass is 10.4. The third-order valence-corrected chi connectivity index (χ3v) is 2.92. The molecule has 0 aliphatic rings. The summed E-state index contributed by atoms with van der Waals surface area (Å²) in [5, 5.41) is 0. The molecule has 0 radical (unpaired) electrons. The zero-order valence-electron chi connectivity index (χ0n) is 11.9. The first-order chi connectivity index (χ1) is 8.53. The zero-order valence-corrected chi connectivity index (χ0v) is 12.8. The van der Waals surface area contributed by atoms with Crippen LogP contribution in [0, 0.1) is 0 Å². The van der Waals surface area contributed by atoms with Gasteiger partial charge in [0.2, 0.25) is 0 Å². The van der Waals surface area contributed by atoms with E-state index in [2.05, 4.69) is 20.4 Å². The van der Waals surface area contributed by atoms with Crippen molar-refractivity contribution < 1.29 is 32.5 Å². The van der Waals surface area contributed by atoms with Gasteiger partial charge in [0.15, 0.2) is 0 Å². The molecule has 1 unspecified atom stereocenters. The number of quaternary nitrogens is 1. The predicted octanol–water partition coefficient (Wildman–Crippen LogP) is 0.950. The molecule has 0 N–H and O–H groups in total. The summed E-state index contributed by atoms with van der Waals surface area (Å²) in [6, 6.07) is 0. The van der Waals surface area contributed by atoms with Crippen LogP contribution in [0.5, 0.6) is 0 Å². The van der Waals surface area contributed by atoms with Crippen LogP contribution in [0.3, 0.4) is 0 Å². The molecule has 0 aliphatic heterocycles. The van der Waals surface area contributed by atoms with Crippen LogP contribution in [0.15, 0.2) is 12.2 Å². The van der Waals surface area contributed by atoms with Crippen LogP contribution in [0.2, 0.25) is 0 Å². The lowest BCUT2D eigenvalue weighted by Crippen LogP contribution is -2.37. The molecule has 7 nitrogen and oxygen atoms in total. The van der Waals surface area contributed by atoms with E-state index in [4.69, 9.17) is 0 Å². The summed E-state index contributed by atoms with van der Waals surface area (Å²) >= 11 is 0. The molecule has 120 valence electrons. The standard InChI is InChI=1S/C11H22NO6P.CH4/c1-10(2)11(13)16-8-9-18-19(14,15)17-7-6-12(3,4)5;/h1,6-9H2,2-5H3;1H4. The first kappa shape index (κ1) is 21.6. The zero-order chi connectivity index (χ0) is 15.1. The SMILES string of the molecule is C.C=C(C)C(=O)OCCOP(=O)([O-])OCC[N+](C)(C)C. The molecule has 0 aromatic rings. The monoisotopic (exact) mass is 311 g/mol. The van der Waals surface area contributed by atoms with Crippen LogP contribution in [-0.4, -0.2) is 58.0 Å². The van der Waals surface area contributed by atoms with Gasteiger partial charge < -0.3 is 23.2 Å². The Balaban J connectivity index is 0. The normalized spacial score (nSPS) is 14.1. The molecule has 0 aromatic heterocycles. The lowest BCUT2D eigenvalue weighted by molar-refractivity contribution is -0.870.